The number of hydrogen-bond donors (Lipinski definition) is 2. The summed E-state index contributed by atoms with van der Waals surface area (Å²) in [4.78, 5) is 29.2. The van der Waals surface area contributed by atoms with E-state index in [9.17, 15) is 14.7 Å². The number of aliphatic hydroxyl groups is 1. The summed E-state index contributed by atoms with van der Waals surface area (Å²) in [6.45, 7) is 10.5. The molecular formula is C38H75N3O4. The van der Waals surface area contributed by atoms with Gasteiger partial charge in [-0.05, 0) is 70.4 Å². The fourth-order valence-electron chi connectivity index (χ4n) is 6.45. The molecule has 1 aliphatic rings. The summed E-state index contributed by atoms with van der Waals surface area (Å²) in [5.41, 5.74) is 0. The molecule has 1 amide bonds. The van der Waals surface area contributed by atoms with Crippen LogP contribution >= 0.6 is 0 Å². The van der Waals surface area contributed by atoms with E-state index in [0.717, 1.165) is 77.8 Å². The Kier molecular flexibility index (Phi) is 28.1. The highest BCUT2D eigenvalue weighted by molar-refractivity contribution is 5.75. The second-order valence-corrected chi connectivity index (χ2v) is 13.8. The molecule has 0 aliphatic heterocycles. The van der Waals surface area contributed by atoms with Gasteiger partial charge in [0.2, 0.25) is 5.91 Å². The molecular weight excluding hydrogens is 562 g/mol. The minimum atomic E-state index is -0.119. The maximum absolute atomic E-state index is 12.7. The van der Waals surface area contributed by atoms with Gasteiger partial charge in [0, 0.05) is 45.1 Å². The molecule has 0 saturated heterocycles. The zero-order chi connectivity index (χ0) is 32.8. The minimum absolute atomic E-state index is 0.119. The number of carbonyl (C=O) groups excluding carboxylic acids is 2. The Bertz CT molecular complexity index is 672. The predicted molar refractivity (Wildman–Crippen MR) is 190 cm³/mol. The molecule has 0 atom stereocenters. The third-order valence-electron chi connectivity index (χ3n) is 9.63. The topological polar surface area (TPSA) is 82.1 Å². The molecule has 0 spiro atoms. The number of carbonyl (C=O) groups is 2. The van der Waals surface area contributed by atoms with Gasteiger partial charge in [-0.15, -0.1) is 0 Å². The molecule has 1 aliphatic carbocycles. The minimum Gasteiger partial charge on any atom is -0.469 e. The number of nitrogens with one attached hydrogen (secondary N) is 1. The van der Waals surface area contributed by atoms with Crippen molar-refractivity contribution in [2.75, 3.05) is 53.0 Å². The average Bonchev–Trinajstić information content (AvgIpc) is 3.89. The standard InChI is InChI=1S/C38H75N3O4/c1-4-6-8-10-12-16-22-35(23-17-13-11-9-7-5-2)34-39-37(43)24-18-14-20-28-40(29-21-15-19-25-38(44)45-3)30-31-41(32-33-42)36-26-27-36/h35-36,42H,4-34H2,1-3H3,(H,39,43). The van der Waals surface area contributed by atoms with Crippen LogP contribution in [0, 0.1) is 5.92 Å². The second-order valence-electron chi connectivity index (χ2n) is 13.8. The number of esters is 1. The molecule has 266 valence electrons. The van der Waals surface area contributed by atoms with E-state index in [4.69, 9.17) is 4.74 Å². The van der Waals surface area contributed by atoms with Gasteiger partial charge in [-0.3, -0.25) is 14.5 Å². The molecule has 0 aromatic carbocycles. The van der Waals surface area contributed by atoms with E-state index in [0.29, 0.717) is 24.8 Å². The van der Waals surface area contributed by atoms with E-state index >= 15 is 0 Å². The molecule has 7 nitrogen and oxygen atoms in total. The van der Waals surface area contributed by atoms with E-state index < -0.39 is 0 Å². The molecule has 2 N–H and O–H groups in total. The third kappa shape index (κ3) is 25.6. The molecule has 0 aromatic heterocycles. The largest absolute Gasteiger partial charge is 0.469 e. The fraction of sp³-hybridized carbons (Fsp3) is 0.947. The van der Waals surface area contributed by atoms with Crippen molar-refractivity contribution in [2.45, 2.75) is 174 Å². The molecule has 0 radical (unpaired) electrons. The maximum Gasteiger partial charge on any atom is 0.305 e. The van der Waals surface area contributed by atoms with Gasteiger partial charge in [-0.25, -0.2) is 0 Å². The van der Waals surface area contributed by atoms with Gasteiger partial charge in [0.05, 0.1) is 13.7 Å². The highest BCUT2D eigenvalue weighted by atomic mass is 16.5. The lowest BCUT2D eigenvalue weighted by atomic mass is 9.94. The lowest BCUT2D eigenvalue weighted by molar-refractivity contribution is -0.140. The SMILES string of the molecule is CCCCCCCCC(CCCCCCCC)CNC(=O)CCCCCN(CCCCCC(=O)OC)CCN(CCO)C1CC1. The molecule has 7 heteroatoms. The third-order valence-corrected chi connectivity index (χ3v) is 9.63. The van der Waals surface area contributed by atoms with Crippen molar-refractivity contribution in [3.05, 3.63) is 0 Å². The van der Waals surface area contributed by atoms with E-state index in [1.807, 2.05) is 0 Å². The number of rotatable bonds is 34. The van der Waals surface area contributed by atoms with Crippen LogP contribution in [-0.2, 0) is 14.3 Å². The highest BCUT2D eigenvalue weighted by Gasteiger charge is 2.28. The van der Waals surface area contributed by atoms with Crippen molar-refractivity contribution in [1.82, 2.24) is 15.1 Å². The zero-order valence-electron chi connectivity index (χ0n) is 30.1. The average molecular weight is 638 g/mol. The van der Waals surface area contributed by atoms with Crippen molar-refractivity contribution >= 4 is 11.9 Å². The summed E-state index contributed by atoms with van der Waals surface area (Å²) in [6.07, 6.45) is 28.4. The molecule has 0 aromatic rings. The van der Waals surface area contributed by atoms with Crippen LogP contribution in [0.1, 0.15) is 168 Å². The van der Waals surface area contributed by atoms with E-state index in [1.165, 1.54) is 110 Å². The smallest absolute Gasteiger partial charge is 0.305 e. The van der Waals surface area contributed by atoms with Crippen molar-refractivity contribution in [3.63, 3.8) is 0 Å². The first kappa shape index (κ1) is 41.8. The van der Waals surface area contributed by atoms with Gasteiger partial charge >= 0.3 is 5.97 Å². The molecule has 1 fully saturated rings. The van der Waals surface area contributed by atoms with Gasteiger partial charge in [0.1, 0.15) is 0 Å². The Morgan fingerprint density at radius 1 is 0.689 bits per heavy atom. The van der Waals surface area contributed by atoms with Crippen molar-refractivity contribution in [3.8, 4) is 0 Å². The number of methoxy groups -OCH3 is 1. The summed E-state index contributed by atoms with van der Waals surface area (Å²) in [6, 6.07) is 0.661. The second kappa shape index (κ2) is 30.2. The zero-order valence-corrected chi connectivity index (χ0v) is 30.1. The first-order valence-corrected chi connectivity index (χ1v) is 19.4. The van der Waals surface area contributed by atoms with Crippen LogP contribution < -0.4 is 5.32 Å². The lowest BCUT2D eigenvalue weighted by Gasteiger charge is -2.27. The van der Waals surface area contributed by atoms with Crippen LogP contribution in [0.15, 0.2) is 0 Å². The summed E-state index contributed by atoms with van der Waals surface area (Å²) in [5.74, 6) is 0.747. The van der Waals surface area contributed by atoms with Gasteiger partial charge < -0.3 is 20.1 Å². The van der Waals surface area contributed by atoms with Gasteiger partial charge in [0.15, 0.2) is 0 Å². The van der Waals surface area contributed by atoms with Gasteiger partial charge in [0.25, 0.3) is 0 Å². The van der Waals surface area contributed by atoms with Crippen LogP contribution in [-0.4, -0.2) is 85.8 Å². The lowest BCUT2D eigenvalue weighted by Crippen LogP contribution is -2.38. The Labute approximate surface area is 279 Å². The van der Waals surface area contributed by atoms with Gasteiger partial charge in [-0.1, -0.05) is 104 Å². The summed E-state index contributed by atoms with van der Waals surface area (Å²) in [5, 5.41) is 12.8. The number of aliphatic hydroxyl groups excluding tert-OH is 1. The monoisotopic (exact) mass is 638 g/mol. The van der Waals surface area contributed by atoms with E-state index in [-0.39, 0.29) is 18.5 Å². The number of amides is 1. The van der Waals surface area contributed by atoms with Crippen molar-refractivity contribution in [2.24, 2.45) is 5.92 Å². The highest BCUT2D eigenvalue weighted by Crippen LogP contribution is 2.26. The Balaban J connectivity index is 2.35. The Morgan fingerprint density at radius 3 is 1.76 bits per heavy atom. The van der Waals surface area contributed by atoms with Crippen LogP contribution in [0.2, 0.25) is 0 Å². The molecule has 1 rings (SSSR count). The van der Waals surface area contributed by atoms with Crippen LogP contribution in [0.4, 0.5) is 0 Å². The summed E-state index contributed by atoms with van der Waals surface area (Å²) in [7, 11) is 1.46. The van der Waals surface area contributed by atoms with Crippen LogP contribution in [0.5, 0.6) is 0 Å². The molecule has 0 unspecified atom stereocenters. The normalized spacial score (nSPS) is 13.3. The van der Waals surface area contributed by atoms with E-state index in [2.05, 4.69) is 29.0 Å². The van der Waals surface area contributed by atoms with Crippen LogP contribution in [0.3, 0.4) is 0 Å². The molecule has 0 heterocycles. The van der Waals surface area contributed by atoms with E-state index in [1.54, 1.807) is 0 Å². The molecule has 45 heavy (non-hydrogen) atoms. The fourth-order valence-corrected chi connectivity index (χ4v) is 6.45. The Morgan fingerprint density at radius 2 is 1.22 bits per heavy atom. The predicted octanol–water partition coefficient (Wildman–Crippen LogP) is 8.27. The summed E-state index contributed by atoms with van der Waals surface area (Å²) >= 11 is 0. The molecule has 1 saturated carbocycles. The van der Waals surface area contributed by atoms with Crippen LogP contribution in [0.25, 0.3) is 0 Å². The number of nitrogens with zero attached hydrogens (tertiary/aromatic N) is 2. The maximum atomic E-state index is 12.7. The van der Waals surface area contributed by atoms with Crippen molar-refractivity contribution in [1.29, 1.82) is 0 Å². The van der Waals surface area contributed by atoms with Crippen molar-refractivity contribution < 1.29 is 19.4 Å². The number of hydrogen-bond acceptors (Lipinski definition) is 6. The molecule has 0 bridgehead atoms. The number of ether oxygens (including phenoxy) is 1. The van der Waals surface area contributed by atoms with Gasteiger partial charge in [-0.2, -0.15) is 0 Å². The Hall–Kier alpha value is -1.18. The quantitative estimate of drug-likeness (QED) is 0.0546. The first-order valence-electron chi connectivity index (χ1n) is 19.4. The number of unbranched alkanes of at least 4 members (excludes halogenated alkanes) is 14. The first-order chi connectivity index (χ1) is 22.0. The summed E-state index contributed by atoms with van der Waals surface area (Å²) < 4.78 is 4.77.